The maximum absolute atomic E-state index is 12.1. The van der Waals surface area contributed by atoms with Crippen LogP contribution in [0.5, 0.6) is 0 Å². The standard InChI is InChI=1S/C12H11Br3N2O4.C10H6NO4.C8H3NO2/c1-3-16-11(19)5-7(13)6(12(20)21)9(15)10(8(5)14)17-4(2)18;1-5(12)15-11-7-4-2-3-6(9(11)13)8(7)10(11)14;10-7-5-2-1-4-3-6(5)8(11)9(4)7/h3H2,1-2H3,(H,16,19)(H,17,18)(H,20,21);2-4H,1H3;1-3H/q;+1;. The third-order valence-electron chi connectivity index (χ3n) is 7.19. The molecule has 0 saturated carbocycles. The largest absolute Gasteiger partial charge is 0.478 e. The summed E-state index contributed by atoms with van der Waals surface area (Å²) in [5, 5.41) is 15.0. The van der Waals surface area contributed by atoms with Gasteiger partial charge in [0, 0.05) is 35.6 Å². The number of hydrogen-bond donors (Lipinski definition) is 3. The smallest absolute Gasteiger partial charge is 0.407 e. The van der Waals surface area contributed by atoms with Crippen molar-refractivity contribution in [2.75, 3.05) is 11.9 Å². The number of halogens is 3. The molecule has 47 heavy (non-hydrogen) atoms. The predicted octanol–water partition coefficient (Wildman–Crippen LogP) is 4.60. The van der Waals surface area contributed by atoms with Gasteiger partial charge in [-0.05, 0) is 79.0 Å². The quantitative estimate of drug-likeness (QED) is 0.166. The molecule has 0 radical (unpaired) electrons. The first-order valence-corrected chi connectivity index (χ1v) is 15.8. The van der Waals surface area contributed by atoms with E-state index in [0.717, 1.165) is 0 Å². The Labute approximate surface area is 288 Å². The van der Waals surface area contributed by atoms with Crippen LogP contribution in [0.4, 0.5) is 11.4 Å². The summed E-state index contributed by atoms with van der Waals surface area (Å²) in [7, 11) is 0. The molecule has 4 aromatic rings. The number of quaternary nitrogens is 1. The lowest BCUT2D eigenvalue weighted by molar-refractivity contribution is -0.165. The van der Waals surface area contributed by atoms with Crippen molar-refractivity contribution in [1.82, 2.24) is 14.5 Å². The Morgan fingerprint density at radius 2 is 1.55 bits per heavy atom. The van der Waals surface area contributed by atoms with Gasteiger partial charge in [0.15, 0.2) is 5.56 Å². The maximum atomic E-state index is 12.1. The lowest BCUT2D eigenvalue weighted by Gasteiger charge is -2.28. The number of benzene rings is 3. The van der Waals surface area contributed by atoms with E-state index in [-0.39, 0.29) is 41.7 Å². The summed E-state index contributed by atoms with van der Waals surface area (Å²) in [5.74, 6) is -3.81. The van der Waals surface area contributed by atoms with Gasteiger partial charge in [-0.3, -0.25) is 24.0 Å². The van der Waals surface area contributed by atoms with E-state index in [4.69, 9.17) is 4.84 Å². The van der Waals surface area contributed by atoms with Crippen LogP contribution in [0.2, 0.25) is 0 Å². The van der Waals surface area contributed by atoms with Gasteiger partial charge in [-0.2, -0.15) is 0 Å². The molecular weight excluding hydrogens is 816 g/mol. The average Bonchev–Trinajstić information content (AvgIpc) is 3.53. The van der Waals surface area contributed by atoms with E-state index in [1.54, 1.807) is 43.3 Å². The summed E-state index contributed by atoms with van der Waals surface area (Å²) in [4.78, 5) is 96.4. The molecule has 17 heteroatoms. The Balaban J connectivity index is 0.000000145. The number of imide groups is 1. The second kappa shape index (κ2) is 12.2. The molecule has 1 aromatic heterocycles. The minimum atomic E-state index is -1.24. The van der Waals surface area contributed by atoms with Gasteiger partial charge >= 0.3 is 23.8 Å². The first-order chi connectivity index (χ1) is 22.1. The Morgan fingerprint density at radius 1 is 0.894 bits per heavy atom. The summed E-state index contributed by atoms with van der Waals surface area (Å²) in [6, 6.07) is 10.1. The van der Waals surface area contributed by atoms with Crippen molar-refractivity contribution in [3.8, 4) is 0 Å². The minimum absolute atomic E-state index is 0.0983. The van der Waals surface area contributed by atoms with Crippen LogP contribution in [0.25, 0.3) is 10.9 Å². The average molecular weight is 836 g/mol. The number of amides is 4. The number of nitrogens with one attached hydrogen (secondary N) is 2. The van der Waals surface area contributed by atoms with Gasteiger partial charge in [0.05, 0.1) is 42.2 Å². The lowest BCUT2D eigenvalue weighted by atomic mass is 10.1. The molecular formula is C30H20Br3N4O10+. The van der Waals surface area contributed by atoms with Gasteiger partial charge in [-0.1, -0.05) is 6.07 Å². The fraction of sp³-hybridized carbons (Fsp3) is 0.133. The maximum Gasteiger partial charge on any atom is 0.407 e. The zero-order chi connectivity index (χ0) is 34.7. The van der Waals surface area contributed by atoms with E-state index < -0.39 is 40.2 Å². The van der Waals surface area contributed by atoms with Gasteiger partial charge in [-0.15, -0.1) is 0 Å². The molecule has 8 bridgehead atoms. The zero-order valence-electron chi connectivity index (χ0n) is 24.3. The van der Waals surface area contributed by atoms with Crippen LogP contribution in [-0.2, 0) is 14.4 Å². The van der Waals surface area contributed by atoms with Crippen LogP contribution in [-0.4, -0.2) is 57.7 Å². The number of hydroxylamine groups is 2. The Kier molecular flexibility index (Phi) is 8.78. The monoisotopic (exact) mass is 833 g/mol. The number of carbonyl (C=O) groups excluding carboxylic acids is 6. The molecule has 0 saturated heterocycles. The Hall–Kier alpha value is -4.58. The SMILES string of the molecule is CC(=O)O[N+]12C(=O)c3cccc1c3C2=O.CCNC(=O)c1c(Br)c(NC(C)=O)c(Br)c(C(=O)O)c1Br.O=C1c2cc3ccc2c(=O)n31. The lowest BCUT2D eigenvalue weighted by Crippen LogP contribution is -2.59. The van der Waals surface area contributed by atoms with Crippen LogP contribution in [0.1, 0.15) is 72.6 Å². The normalized spacial score (nSPS) is 15.8. The summed E-state index contributed by atoms with van der Waals surface area (Å²) in [6.45, 7) is 4.58. The molecule has 240 valence electrons. The van der Waals surface area contributed by atoms with E-state index in [1.807, 2.05) is 0 Å². The van der Waals surface area contributed by atoms with Gasteiger partial charge < -0.3 is 15.7 Å². The number of pyridine rings is 2. The molecule has 3 N–H and O–H groups in total. The number of aromatic nitrogens is 1. The molecule has 3 aromatic carbocycles. The topological polar surface area (TPSA) is 195 Å². The highest BCUT2D eigenvalue weighted by Crippen LogP contribution is 2.50. The molecule has 5 aliphatic heterocycles. The summed E-state index contributed by atoms with van der Waals surface area (Å²) >= 11 is 9.52. The molecule has 6 heterocycles. The van der Waals surface area contributed by atoms with Crippen LogP contribution in [0, 0.1) is 0 Å². The molecule has 0 aliphatic carbocycles. The molecule has 0 fully saturated rings. The van der Waals surface area contributed by atoms with E-state index in [1.165, 1.54) is 18.4 Å². The van der Waals surface area contributed by atoms with Crippen molar-refractivity contribution in [2.45, 2.75) is 20.8 Å². The first kappa shape index (κ1) is 33.8. The number of carboxylic acid groups (broad SMARTS) is 1. The Morgan fingerprint density at radius 3 is 2.04 bits per heavy atom. The van der Waals surface area contributed by atoms with Gasteiger partial charge in [-0.25, -0.2) is 23.7 Å². The number of anilines is 1. The highest BCUT2D eigenvalue weighted by Gasteiger charge is 2.72. The number of hydrogen-bond acceptors (Lipinski definition) is 9. The fourth-order valence-corrected chi connectivity index (χ4v) is 8.19. The zero-order valence-corrected chi connectivity index (χ0v) is 29.1. The second-order valence-corrected chi connectivity index (χ2v) is 12.5. The van der Waals surface area contributed by atoms with E-state index in [2.05, 4.69) is 58.4 Å². The number of nitrogens with zero attached hydrogens (tertiary/aromatic N) is 2. The van der Waals surface area contributed by atoms with Crippen LogP contribution in [0.3, 0.4) is 0 Å². The highest BCUT2D eigenvalue weighted by molar-refractivity contribution is 9.11. The van der Waals surface area contributed by atoms with Crippen LogP contribution >= 0.6 is 47.8 Å². The first-order valence-electron chi connectivity index (χ1n) is 13.4. The van der Waals surface area contributed by atoms with Crippen molar-refractivity contribution in [2.24, 2.45) is 0 Å². The molecule has 1 unspecified atom stereocenters. The summed E-state index contributed by atoms with van der Waals surface area (Å²) < 4.78 is 0.885. The van der Waals surface area contributed by atoms with Crippen molar-refractivity contribution in [3.63, 3.8) is 0 Å². The van der Waals surface area contributed by atoms with E-state index in [0.29, 0.717) is 39.8 Å². The van der Waals surface area contributed by atoms with Crippen LogP contribution in [0.15, 0.2) is 54.6 Å². The van der Waals surface area contributed by atoms with E-state index >= 15 is 0 Å². The van der Waals surface area contributed by atoms with Crippen LogP contribution < -0.4 is 20.8 Å². The summed E-state index contributed by atoms with van der Waals surface area (Å²) in [5.41, 5.74) is 2.46. The third-order valence-corrected chi connectivity index (χ3v) is 9.57. The number of carboxylic acids is 1. The second-order valence-electron chi connectivity index (χ2n) is 10.1. The molecule has 1 atom stereocenters. The number of carbonyl (C=O) groups is 7. The van der Waals surface area contributed by atoms with Crippen molar-refractivity contribution in [1.29, 1.82) is 0 Å². The number of rotatable bonds is 5. The van der Waals surface area contributed by atoms with Crippen molar-refractivity contribution >= 4 is 112 Å². The number of fused-ring (bicyclic) bond motifs is 1. The Bertz CT molecular complexity index is 2200. The summed E-state index contributed by atoms with van der Waals surface area (Å²) in [6.07, 6.45) is 0. The van der Waals surface area contributed by atoms with Crippen molar-refractivity contribution < 1.29 is 43.5 Å². The fourth-order valence-electron chi connectivity index (χ4n) is 5.30. The van der Waals surface area contributed by atoms with Gasteiger partial charge in [0.2, 0.25) is 11.6 Å². The third kappa shape index (κ3) is 5.09. The van der Waals surface area contributed by atoms with Crippen molar-refractivity contribution in [3.05, 3.63) is 88.0 Å². The minimum Gasteiger partial charge on any atom is -0.478 e. The number of aromatic carboxylic acids is 1. The molecule has 0 spiro atoms. The van der Waals surface area contributed by atoms with E-state index in [9.17, 15) is 43.5 Å². The molecule has 4 amide bonds. The van der Waals surface area contributed by atoms with Gasteiger partial charge in [0.1, 0.15) is 5.56 Å². The molecule has 14 nitrogen and oxygen atoms in total. The molecule has 9 rings (SSSR count). The van der Waals surface area contributed by atoms with Gasteiger partial charge in [0.25, 0.3) is 17.4 Å². The highest BCUT2D eigenvalue weighted by atomic mass is 79.9. The predicted molar refractivity (Wildman–Crippen MR) is 177 cm³/mol. The molecule has 5 aliphatic rings.